The van der Waals surface area contributed by atoms with Crippen LogP contribution >= 0.6 is 23.2 Å². The number of nitrogens with one attached hydrogen (secondary N) is 2. The van der Waals surface area contributed by atoms with E-state index in [2.05, 4.69) is 17.2 Å². The summed E-state index contributed by atoms with van der Waals surface area (Å²) in [4.78, 5) is 54.7. The molecule has 3 aromatic rings. The zero-order chi connectivity index (χ0) is 37.8. The first-order chi connectivity index (χ1) is 24.9. The number of aldehydes is 1. The fourth-order valence-electron chi connectivity index (χ4n) is 6.38. The van der Waals surface area contributed by atoms with Crippen molar-refractivity contribution in [3.8, 4) is 0 Å². The molecule has 282 valence electrons. The quantitative estimate of drug-likeness (QED) is 0.0856. The highest BCUT2D eigenvalue weighted by atomic mass is 35.5. The van der Waals surface area contributed by atoms with Crippen LogP contribution in [0.15, 0.2) is 48.7 Å². The first-order valence-electron chi connectivity index (χ1n) is 17.9. The summed E-state index contributed by atoms with van der Waals surface area (Å²) in [5.41, 5.74) is 3.86. The molecule has 2 saturated heterocycles. The van der Waals surface area contributed by atoms with Gasteiger partial charge in [0.05, 0.1) is 31.0 Å². The van der Waals surface area contributed by atoms with Crippen LogP contribution in [0.3, 0.4) is 0 Å². The second-order valence-corrected chi connectivity index (χ2v) is 14.6. The fourth-order valence-corrected chi connectivity index (χ4v) is 6.74. The standard InChI is InChI=1S/C23H30ClN3O4.C16H20ClNO3/c1-5-30-21(28)20-18(10-11-25-20)26-14-15-8-9-16(24)13-17(15)19-7-6-12-27(19)22(29)31-23(2,3)4;1-2-3-9-21-16(20)18-8-4-5-15(18)14-10-13(17)7-6-12(14)11-19/h8-11,13,19,25-26H,5-7,12,14H2,1-4H3;6-7,10-11,15H,2-5,8-9H2,1H3. The van der Waals surface area contributed by atoms with E-state index in [9.17, 15) is 19.2 Å². The van der Waals surface area contributed by atoms with Gasteiger partial charge in [0.15, 0.2) is 0 Å². The molecule has 0 spiro atoms. The number of halogens is 2. The number of likely N-dealkylation sites (tertiary alicyclic amines) is 2. The highest BCUT2D eigenvalue weighted by Crippen LogP contribution is 2.37. The third kappa shape index (κ3) is 10.9. The van der Waals surface area contributed by atoms with E-state index in [-0.39, 0.29) is 24.3 Å². The molecule has 0 bridgehead atoms. The largest absolute Gasteiger partial charge is 0.461 e. The van der Waals surface area contributed by atoms with Gasteiger partial charge in [-0.2, -0.15) is 0 Å². The number of aromatic amines is 1. The van der Waals surface area contributed by atoms with E-state index in [1.165, 1.54) is 0 Å². The van der Waals surface area contributed by atoms with Crippen LogP contribution in [-0.2, 0) is 20.8 Å². The number of carbonyl (C=O) groups is 4. The molecule has 5 rings (SSSR count). The van der Waals surface area contributed by atoms with Gasteiger partial charge in [-0.1, -0.05) is 42.6 Å². The molecule has 2 aromatic carbocycles. The minimum Gasteiger partial charge on any atom is -0.461 e. The molecule has 2 fully saturated rings. The summed E-state index contributed by atoms with van der Waals surface area (Å²) < 4.78 is 16.0. The zero-order valence-electron chi connectivity index (χ0n) is 30.6. The lowest BCUT2D eigenvalue weighted by Gasteiger charge is -2.30. The van der Waals surface area contributed by atoms with Crippen LogP contribution in [0.2, 0.25) is 10.0 Å². The Morgan fingerprint density at radius 1 is 0.904 bits per heavy atom. The highest BCUT2D eigenvalue weighted by Gasteiger charge is 2.35. The topological polar surface area (TPSA) is 130 Å². The van der Waals surface area contributed by atoms with Gasteiger partial charge in [-0.3, -0.25) is 4.79 Å². The van der Waals surface area contributed by atoms with Gasteiger partial charge in [-0.15, -0.1) is 0 Å². The van der Waals surface area contributed by atoms with Crippen LogP contribution in [0.4, 0.5) is 15.3 Å². The van der Waals surface area contributed by atoms with Crippen LogP contribution in [0.5, 0.6) is 0 Å². The average molecular weight is 758 g/mol. The van der Waals surface area contributed by atoms with Crippen molar-refractivity contribution in [3.63, 3.8) is 0 Å². The first kappa shape index (κ1) is 40.5. The fraction of sp³-hybridized carbons (Fsp3) is 0.487. The number of ether oxygens (including phenoxy) is 3. The summed E-state index contributed by atoms with van der Waals surface area (Å²) in [6.07, 6.45) is 7.19. The molecule has 2 atom stereocenters. The summed E-state index contributed by atoms with van der Waals surface area (Å²) >= 11 is 12.3. The van der Waals surface area contributed by atoms with E-state index in [4.69, 9.17) is 37.4 Å². The molecular weight excluding hydrogens is 707 g/mol. The number of amides is 2. The molecule has 11 nitrogen and oxygen atoms in total. The minimum absolute atomic E-state index is 0.110. The van der Waals surface area contributed by atoms with Crippen LogP contribution < -0.4 is 5.32 Å². The Balaban J connectivity index is 0.000000251. The summed E-state index contributed by atoms with van der Waals surface area (Å²) in [6, 6.07) is 12.4. The second-order valence-electron chi connectivity index (χ2n) is 13.7. The molecule has 2 unspecified atom stereocenters. The molecular formula is C39H50Cl2N4O7. The summed E-state index contributed by atoms with van der Waals surface area (Å²) in [6.45, 7) is 11.9. The highest BCUT2D eigenvalue weighted by molar-refractivity contribution is 6.31. The normalized spacial score (nSPS) is 16.9. The predicted molar refractivity (Wildman–Crippen MR) is 202 cm³/mol. The molecule has 2 aliphatic rings. The van der Waals surface area contributed by atoms with Gasteiger partial charge in [0.2, 0.25) is 0 Å². The van der Waals surface area contributed by atoms with Crippen molar-refractivity contribution < 1.29 is 33.4 Å². The van der Waals surface area contributed by atoms with Gasteiger partial charge in [0, 0.05) is 41.4 Å². The number of hydrogen-bond donors (Lipinski definition) is 2. The number of benzene rings is 2. The third-order valence-corrected chi connectivity index (χ3v) is 9.26. The van der Waals surface area contributed by atoms with Gasteiger partial charge in [0.25, 0.3) is 0 Å². The maximum Gasteiger partial charge on any atom is 0.410 e. The number of aromatic nitrogens is 1. The van der Waals surface area contributed by atoms with Crippen molar-refractivity contribution in [1.29, 1.82) is 0 Å². The van der Waals surface area contributed by atoms with E-state index < -0.39 is 11.6 Å². The van der Waals surface area contributed by atoms with Crippen LogP contribution in [0.1, 0.15) is 123 Å². The molecule has 52 heavy (non-hydrogen) atoms. The van der Waals surface area contributed by atoms with Crippen molar-refractivity contribution in [2.24, 2.45) is 0 Å². The Morgan fingerprint density at radius 3 is 2.17 bits per heavy atom. The van der Waals surface area contributed by atoms with Crippen molar-refractivity contribution >= 4 is 53.3 Å². The monoisotopic (exact) mass is 756 g/mol. The van der Waals surface area contributed by atoms with E-state index in [0.717, 1.165) is 61.5 Å². The van der Waals surface area contributed by atoms with E-state index in [0.29, 0.717) is 59.8 Å². The zero-order valence-corrected chi connectivity index (χ0v) is 32.1. The van der Waals surface area contributed by atoms with Crippen molar-refractivity contribution in [1.82, 2.24) is 14.8 Å². The van der Waals surface area contributed by atoms with Gasteiger partial charge in [-0.25, -0.2) is 14.4 Å². The predicted octanol–water partition coefficient (Wildman–Crippen LogP) is 9.75. The number of anilines is 1. The number of esters is 1. The number of carbonyl (C=O) groups excluding carboxylic acids is 4. The summed E-state index contributed by atoms with van der Waals surface area (Å²) in [7, 11) is 0. The number of unbranched alkanes of at least 4 members (excludes halogenated alkanes) is 1. The van der Waals surface area contributed by atoms with Crippen molar-refractivity contribution in [2.75, 3.05) is 31.6 Å². The maximum atomic E-state index is 12.8. The lowest BCUT2D eigenvalue weighted by atomic mass is 9.98. The maximum absolute atomic E-state index is 12.8. The number of rotatable bonds is 11. The number of hydrogen-bond acceptors (Lipinski definition) is 8. The molecule has 0 aliphatic carbocycles. The summed E-state index contributed by atoms with van der Waals surface area (Å²) in [5, 5.41) is 4.49. The molecule has 0 radical (unpaired) electrons. The molecule has 2 amide bonds. The minimum atomic E-state index is -0.555. The van der Waals surface area contributed by atoms with E-state index in [1.807, 2.05) is 39.0 Å². The molecule has 2 N–H and O–H groups in total. The Kier molecular flexibility index (Phi) is 14.8. The number of nitrogens with zero attached hydrogens (tertiary/aromatic N) is 2. The molecule has 1 aromatic heterocycles. The average Bonchev–Trinajstić information content (AvgIpc) is 3.89. The summed E-state index contributed by atoms with van der Waals surface area (Å²) in [5.74, 6) is -0.404. The molecule has 13 heteroatoms. The van der Waals surface area contributed by atoms with E-state index >= 15 is 0 Å². The Hall–Kier alpha value is -4.22. The smallest absolute Gasteiger partial charge is 0.410 e. The first-order valence-corrected chi connectivity index (χ1v) is 18.7. The van der Waals surface area contributed by atoms with Gasteiger partial charge in [-0.05, 0) is 113 Å². The Labute approximate surface area is 316 Å². The van der Waals surface area contributed by atoms with Gasteiger partial charge in [0.1, 0.15) is 17.6 Å². The van der Waals surface area contributed by atoms with E-state index in [1.54, 1.807) is 47.2 Å². The van der Waals surface area contributed by atoms with Crippen LogP contribution in [0, 0.1) is 0 Å². The van der Waals surface area contributed by atoms with Crippen LogP contribution in [-0.4, -0.2) is 71.1 Å². The third-order valence-electron chi connectivity index (χ3n) is 8.79. The van der Waals surface area contributed by atoms with Crippen LogP contribution in [0.25, 0.3) is 0 Å². The van der Waals surface area contributed by atoms with Gasteiger partial charge < -0.3 is 34.3 Å². The van der Waals surface area contributed by atoms with Gasteiger partial charge >= 0.3 is 18.2 Å². The Bertz CT molecular complexity index is 1690. The Morgan fingerprint density at radius 2 is 1.54 bits per heavy atom. The lowest BCUT2D eigenvalue weighted by molar-refractivity contribution is 0.0223. The van der Waals surface area contributed by atoms with Crippen molar-refractivity contribution in [3.05, 3.63) is 86.7 Å². The number of H-pyrrole nitrogens is 1. The second kappa shape index (κ2) is 19.0. The lowest BCUT2D eigenvalue weighted by Crippen LogP contribution is -2.36. The SMILES string of the molecule is CCCCOC(=O)N1CCCC1c1cc(Cl)ccc1C=O.CCOC(=O)c1[nH]ccc1NCc1ccc(Cl)cc1C1CCCN1C(=O)OC(C)(C)C. The van der Waals surface area contributed by atoms with Crippen molar-refractivity contribution in [2.45, 2.75) is 97.4 Å². The molecule has 0 saturated carbocycles. The molecule has 2 aliphatic heterocycles. The molecule has 3 heterocycles.